The van der Waals surface area contributed by atoms with Crippen LogP contribution in [0.4, 0.5) is 4.39 Å². The van der Waals surface area contributed by atoms with Gasteiger partial charge >= 0.3 is 5.97 Å². The second-order valence-electron chi connectivity index (χ2n) is 7.76. The first kappa shape index (κ1) is 20.1. The summed E-state index contributed by atoms with van der Waals surface area (Å²) in [6, 6.07) is 6.68. The molecule has 1 unspecified atom stereocenters. The Morgan fingerprint density at radius 2 is 1.96 bits per heavy atom. The first-order chi connectivity index (χ1) is 12.9. The number of halogens is 1. The van der Waals surface area contributed by atoms with E-state index >= 15 is 0 Å². The van der Waals surface area contributed by atoms with E-state index in [4.69, 9.17) is 5.11 Å². The molecule has 1 atom stereocenters. The molecule has 0 radical (unpaired) electrons. The number of nitrogens with one attached hydrogen (secondary N) is 1. The summed E-state index contributed by atoms with van der Waals surface area (Å²) in [6.07, 6.45) is 4.05. The Balaban J connectivity index is 1.38. The molecule has 2 aliphatic carbocycles. The van der Waals surface area contributed by atoms with Gasteiger partial charge in [-0.3, -0.25) is 14.5 Å². The van der Waals surface area contributed by atoms with E-state index in [1.165, 1.54) is 25.0 Å². The number of carboxylic acids is 1. The third kappa shape index (κ3) is 6.21. The van der Waals surface area contributed by atoms with Crippen molar-refractivity contribution in [1.82, 2.24) is 10.2 Å². The predicted molar refractivity (Wildman–Crippen MR) is 103 cm³/mol. The Kier molecular flexibility index (Phi) is 6.76. The maximum absolute atomic E-state index is 12.9. The lowest BCUT2D eigenvalue weighted by molar-refractivity contribution is -0.140. The third-order valence-electron chi connectivity index (χ3n) is 5.27. The molecule has 1 amide bonds. The smallest absolute Gasteiger partial charge is 0.317 e. The van der Waals surface area contributed by atoms with Crippen LogP contribution in [-0.2, 0) is 9.59 Å². The molecule has 0 spiro atoms. The van der Waals surface area contributed by atoms with Gasteiger partial charge in [0.25, 0.3) is 0 Å². The van der Waals surface area contributed by atoms with E-state index in [1.807, 2.05) is 6.92 Å². The van der Waals surface area contributed by atoms with Crippen LogP contribution in [0.15, 0.2) is 29.2 Å². The molecule has 7 heteroatoms. The second kappa shape index (κ2) is 9.06. The summed E-state index contributed by atoms with van der Waals surface area (Å²) in [5, 5.41) is 12.2. The first-order valence-corrected chi connectivity index (χ1v) is 10.5. The van der Waals surface area contributed by atoms with E-state index in [-0.39, 0.29) is 36.3 Å². The number of nitrogens with zero attached hydrogens (tertiary/aromatic N) is 1. The first-order valence-electron chi connectivity index (χ1n) is 9.55. The molecule has 1 aromatic rings. The Bertz CT molecular complexity index is 660. The average Bonchev–Trinajstić information content (AvgIpc) is 3.39. The van der Waals surface area contributed by atoms with E-state index in [9.17, 15) is 14.0 Å². The van der Waals surface area contributed by atoms with E-state index in [0.717, 1.165) is 24.3 Å². The maximum atomic E-state index is 12.9. The minimum atomic E-state index is -0.783. The quantitative estimate of drug-likeness (QED) is 0.597. The molecule has 5 nitrogen and oxygen atoms in total. The van der Waals surface area contributed by atoms with Crippen molar-refractivity contribution in [2.24, 2.45) is 11.8 Å². The number of carbonyl (C=O) groups excluding carboxylic acids is 1. The highest BCUT2D eigenvalue weighted by molar-refractivity contribution is 7.99. The van der Waals surface area contributed by atoms with Crippen LogP contribution in [0.1, 0.15) is 32.6 Å². The summed E-state index contributed by atoms with van der Waals surface area (Å²) in [5.74, 6) is 0.139. The Hall–Kier alpha value is -1.60. The summed E-state index contributed by atoms with van der Waals surface area (Å²) in [5.41, 5.74) is 0. The van der Waals surface area contributed by atoms with Crippen LogP contribution in [0.2, 0.25) is 0 Å². The van der Waals surface area contributed by atoms with Crippen LogP contribution in [0.25, 0.3) is 0 Å². The van der Waals surface area contributed by atoms with Crippen molar-refractivity contribution in [2.45, 2.75) is 49.6 Å². The monoisotopic (exact) mass is 394 g/mol. The Morgan fingerprint density at radius 3 is 2.56 bits per heavy atom. The molecule has 0 aliphatic heterocycles. The molecule has 0 aromatic heterocycles. The van der Waals surface area contributed by atoms with E-state index in [1.54, 1.807) is 23.9 Å². The summed E-state index contributed by atoms with van der Waals surface area (Å²) in [6.45, 7) is 2.85. The van der Waals surface area contributed by atoms with Crippen LogP contribution in [0.5, 0.6) is 0 Å². The minimum Gasteiger partial charge on any atom is -0.480 e. The number of amides is 1. The number of rotatable bonds is 10. The lowest BCUT2D eigenvalue weighted by Gasteiger charge is -2.43. The molecule has 0 bridgehead atoms. The predicted octanol–water partition coefficient (Wildman–Crippen LogP) is 3.00. The molecule has 2 aliphatic rings. The fourth-order valence-corrected chi connectivity index (χ4v) is 4.25. The van der Waals surface area contributed by atoms with E-state index in [2.05, 4.69) is 10.2 Å². The number of thioether (sulfide) groups is 1. The summed E-state index contributed by atoms with van der Waals surface area (Å²) < 4.78 is 12.9. The molecule has 27 heavy (non-hydrogen) atoms. The molecule has 3 rings (SSSR count). The summed E-state index contributed by atoms with van der Waals surface area (Å²) in [7, 11) is 0. The van der Waals surface area contributed by atoms with E-state index < -0.39 is 5.97 Å². The Morgan fingerprint density at radius 1 is 1.30 bits per heavy atom. The number of carbonyl (C=O) groups is 2. The number of benzene rings is 1. The molecular formula is C20H27FN2O3S. The topological polar surface area (TPSA) is 69.6 Å². The van der Waals surface area contributed by atoms with Crippen molar-refractivity contribution in [3.05, 3.63) is 30.1 Å². The van der Waals surface area contributed by atoms with Crippen molar-refractivity contribution in [1.29, 1.82) is 0 Å². The normalized spacial score (nSPS) is 22.9. The van der Waals surface area contributed by atoms with Crippen LogP contribution < -0.4 is 5.32 Å². The molecule has 0 saturated heterocycles. The van der Waals surface area contributed by atoms with Crippen LogP contribution in [0.3, 0.4) is 0 Å². The Labute approximate surface area is 163 Å². The van der Waals surface area contributed by atoms with Gasteiger partial charge in [-0.25, -0.2) is 4.39 Å². The molecular weight excluding hydrogens is 367 g/mol. The van der Waals surface area contributed by atoms with Crippen molar-refractivity contribution >= 4 is 23.6 Å². The molecule has 0 heterocycles. The van der Waals surface area contributed by atoms with Crippen molar-refractivity contribution in [2.75, 3.05) is 18.8 Å². The van der Waals surface area contributed by atoms with Crippen molar-refractivity contribution in [3.8, 4) is 0 Å². The van der Waals surface area contributed by atoms with Crippen LogP contribution in [0, 0.1) is 17.7 Å². The number of aliphatic carboxylic acids is 1. The van der Waals surface area contributed by atoms with Crippen LogP contribution in [-0.4, -0.2) is 52.8 Å². The highest BCUT2D eigenvalue weighted by Gasteiger charge is 2.38. The lowest BCUT2D eigenvalue weighted by Crippen LogP contribution is -2.56. The van der Waals surface area contributed by atoms with Gasteiger partial charge in [-0.15, -0.1) is 11.8 Å². The van der Waals surface area contributed by atoms with E-state index in [0.29, 0.717) is 11.7 Å². The van der Waals surface area contributed by atoms with Crippen molar-refractivity contribution in [3.63, 3.8) is 0 Å². The second-order valence-corrected chi connectivity index (χ2v) is 8.86. The highest BCUT2D eigenvalue weighted by Crippen LogP contribution is 2.34. The lowest BCUT2D eigenvalue weighted by atomic mass is 9.85. The largest absolute Gasteiger partial charge is 0.480 e. The molecule has 2 fully saturated rings. The standard InChI is InChI=1S/C20H27FN2O3S/c1-13(12-27-18-6-4-15(21)5-7-18)20(26)22-16-8-17(9-16)23(11-19(24)25)10-14-2-3-14/h4-7,13-14,16-17H,2-3,8-12H2,1H3,(H,22,26)(H,24,25). The van der Waals surface area contributed by atoms with Gasteiger partial charge in [0.05, 0.1) is 6.54 Å². The van der Waals surface area contributed by atoms with Gasteiger partial charge in [-0.1, -0.05) is 6.92 Å². The van der Waals surface area contributed by atoms with Gasteiger partial charge in [0.15, 0.2) is 0 Å². The zero-order valence-corrected chi connectivity index (χ0v) is 16.4. The van der Waals surface area contributed by atoms with Gasteiger partial charge < -0.3 is 10.4 Å². The number of hydrogen-bond donors (Lipinski definition) is 2. The van der Waals surface area contributed by atoms with Crippen LogP contribution >= 0.6 is 11.8 Å². The van der Waals surface area contributed by atoms with Crippen molar-refractivity contribution < 1.29 is 19.1 Å². The van der Waals surface area contributed by atoms with Gasteiger partial charge in [0.2, 0.25) is 5.91 Å². The average molecular weight is 395 g/mol. The zero-order valence-electron chi connectivity index (χ0n) is 15.6. The molecule has 2 N–H and O–H groups in total. The SMILES string of the molecule is CC(CSc1ccc(F)cc1)C(=O)NC1CC(N(CC(=O)O)CC2CC2)C1. The molecule has 148 valence electrons. The van der Waals surface area contributed by atoms with Gasteiger partial charge in [-0.2, -0.15) is 0 Å². The number of carboxylic acid groups (broad SMARTS) is 1. The molecule has 1 aromatic carbocycles. The van der Waals surface area contributed by atoms with Gasteiger partial charge in [0, 0.05) is 35.2 Å². The third-order valence-corrected chi connectivity index (χ3v) is 6.54. The zero-order chi connectivity index (χ0) is 19.4. The highest BCUT2D eigenvalue weighted by atomic mass is 32.2. The minimum absolute atomic E-state index is 0.0278. The molecule has 2 saturated carbocycles. The maximum Gasteiger partial charge on any atom is 0.317 e. The number of hydrogen-bond acceptors (Lipinski definition) is 4. The fourth-order valence-electron chi connectivity index (χ4n) is 3.32. The fraction of sp³-hybridized carbons (Fsp3) is 0.600. The van der Waals surface area contributed by atoms with Gasteiger partial charge in [-0.05, 0) is 55.9 Å². The van der Waals surface area contributed by atoms with Gasteiger partial charge in [0.1, 0.15) is 5.82 Å². The summed E-state index contributed by atoms with van der Waals surface area (Å²) in [4.78, 5) is 26.5. The summed E-state index contributed by atoms with van der Waals surface area (Å²) >= 11 is 1.54.